The van der Waals surface area contributed by atoms with Crippen LogP contribution in [-0.2, 0) is 9.59 Å². The molecule has 2 saturated heterocycles. The van der Waals surface area contributed by atoms with Crippen LogP contribution in [0.25, 0.3) is 12.2 Å². The zero-order valence-electron chi connectivity index (χ0n) is 17.6. The van der Waals surface area contributed by atoms with Crippen molar-refractivity contribution in [2.24, 2.45) is 5.92 Å². The fourth-order valence-electron chi connectivity index (χ4n) is 4.97. The number of carbonyl (C=O) groups excluding carboxylic acids is 2. The molecule has 0 radical (unpaired) electrons. The van der Waals surface area contributed by atoms with Crippen molar-refractivity contribution in [1.82, 2.24) is 9.80 Å². The summed E-state index contributed by atoms with van der Waals surface area (Å²) >= 11 is 0. The van der Waals surface area contributed by atoms with Crippen molar-refractivity contribution in [1.29, 1.82) is 0 Å². The third kappa shape index (κ3) is 4.02. The summed E-state index contributed by atoms with van der Waals surface area (Å²) in [5, 5.41) is 9.96. The van der Waals surface area contributed by atoms with Crippen LogP contribution in [0.2, 0.25) is 0 Å². The topological polar surface area (TPSA) is 60.9 Å². The molecule has 1 saturated carbocycles. The molecule has 3 atom stereocenters. The van der Waals surface area contributed by atoms with Crippen LogP contribution in [0.15, 0.2) is 54.6 Å². The van der Waals surface area contributed by atoms with E-state index >= 15 is 0 Å². The molecule has 1 N–H and O–H groups in total. The van der Waals surface area contributed by atoms with Gasteiger partial charge in [0.05, 0.1) is 25.2 Å². The van der Waals surface area contributed by atoms with Crippen LogP contribution in [0.3, 0.4) is 0 Å². The number of hydrogen-bond acceptors (Lipinski definition) is 3. The predicted molar refractivity (Wildman–Crippen MR) is 120 cm³/mol. The summed E-state index contributed by atoms with van der Waals surface area (Å²) in [6.45, 7) is 0.654. The molecule has 2 amide bonds. The van der Waals surface area contributed by atoms with E-state index in [-0.39, 0.29) is 43.0 Å². The predicted octanol–water partition coefficient (Wildman–Crippen LogP) is 3.15. The Bertz CT molecular complexity index is 981. The normalized spacial score (nSPS) is 25.5. The third-order valence-corrected chi connectivity index (χ3v) is 6.85. The lowest BCUT2D eigenvalue weighted by atomic mass is 9.73. The average molecular weight is 417 g/mol. The van der Waals surface area contributed by atoms with Gasteiger partial charge in [-0.1, -0.05) is 66.7 Å². The second-order valence-corrected chi connectivity index (χ2v) is 8.98. The van der Waals surface area contributed by atoms with E-state index in [0.717, 1.165) is 29.5 Å². The van der Waals surface area contributed by atoms with E-state index in [1.54, 1.807) is 9.80 Å². The number of fused-ring (bicyclic) bond motifs is 1. The smallest absolute Gasteiger partial charge is 0.242 e. The van der Waals surface area contributed by atoms with Gasteiger partial charge in [-0.25, -0.2) is 0 Å². The Morgan fingerprint density at radius 3 is 2.32 bits per heavy atom. The molecule has 5 heteroatoms. The van der Waals surface area contributed by atoms with E-state index in [1.807, 2.05) is 18.2 Å². The molecule has 160 valence electrons. The Labute approximate surface area is 183 Å². The number of rotatable bonds is 6. The van der Waals surface area contributed by atoms with Crippen molar-refractivity contribution in [3.8, 4) is 0 Å². The van der Waals surface area contributed by atoms with Crippen LogP contribution in [0, 0.1) is 5.92 Å². The maximum Gasteiger partial charge on any atom is 0.242 e. The van der Waals surface area contributed by atoms with Crippen LogP contribution >= 0.6 is 0 Å². The van der Waals surface area contributed by atoms with Crippen molar-refractivity contribution >= 4 is 24.0 Å². The lowest BCUT2D eigenvalue weighted by molar-refractivity contribution is -0.167. The summed E-state index contributed by atoms with van der Waals surface area (Å²) in [6, 6.07) is 18.2. The largest absolute Gasteiger partial charge is 0.394 e. The van der Waals surface area contributed by atoms with Crippen LogP contribution in [-0.4, -0.2) is 58.5 Å². The fraction of sp³-hybridized carbons (Fsp3) is 0.385. The highest BCUT2D eigenvalue weighted by Crippen LogP contribution is 2.43. The van der Waals surface area contributed by atoms with Gasteiger partial charge in [-0.2, -0.15) is 0 Å². The first-order chi connectivity index (χ1) is 15.1. The Hall–Kier alpha value is -2.92. The fourth-order valence-corrected chi connectivity index (χ4v) is 4.97. The molecule has 2 heterocycles. The average Bonchev–Trinajstić information content (AvgIpc) is 3.59. The molecule has 0 aromatic heterocycles. The van der Waals surface area contributed by atoms with Gasteiger partial charge in [0.15, 0.2) is 0 Å². The minimum Gasteiger partial charge on any atom is -0.394 e. The van der Waals surface area contributed by atoms with Gasteiger partial charge in [0, 0.05) is 18.9 Å². The number of amides is 2. The van der Waals surface area contributed by atoms with Gasteiger partial charge in [-0.05, 0) is 35.4 Å². The Balaban J connectivity index is 1.30. The highest BCUT2D eigenvalue weighted by atomic mass is 16.3. The first-order valence-corrected chi connectivity index (χ1v) is 11.2. The van der Waals surface area contributed by atoms with Gasteiger partial charge >= 0.3 is 0 Å². The summed E-state index contributed by atoms with van der Waals surface area (Å²) in [4.78, 5) is 28.8. The third-order valence-electron chi connectivity index (χ3n) is 6.85. The minimum atomic E-state index is -0.205. The molecule has 3 fully saturated rings. The number of piperazine rings is 1. The van der Waals surface area contributed by atoms with Gasteiger partial charge in [-0.15, -0.1) is 0 Å². The van der Waals surface area contributed by atoms with E-state index in [9.17, 15) is 14.7 Å². The zero-order chi connectivity index (χ0) is 21.4. The standard InChI is InChI=1S/C26H28N2O3/c29-17-23-26(21-12-10-19(11-13-21)7-6-18-4-2-1-3-5-18)22-15-27(16-25(31)28(22)23)24(30)14-20-8-9-20/h1-7,10-13,20,22-23,26,29H,8-9,14-17H2/b7-6+/t22-,23+,26-/m1/s1. The molecule has 3 aliphatic rings. The maximum atomic E-state index is 12.7. The first-order valence-electron chi connectivity index (χ1n) is 11.2. The van der Waals surface area contributed by atoms with E-state index in [0.29, 0.717) is 18.9 Å². The SMILES string of the molecule is O=C(CC1CC1)N1CC(=O)N2[C@H](C1)[C@@H](c1ccc(/C=C/c3ccccc3)cc1)[C@@H]2CO. The van der Waals surface area contributed by atoms with Gasteiger partial charge < -0.3 is 14.9 Å². The first kappa shape index (κ1) is 20.0. The molecule has 31 heavy (non-hydrogen) atoms. The van der Waals surface area contributed by atoms with E-state index < -0.39 is 0 Å². The van der Waals surface area contributed by atoms with Crippen molar-refractivity contribution in [2.45, 2.75) is 37.3 Å². The lowest BCUT2D eigenvalue weighted by Gasteiger charge is -2.58. The molecular weight excluding hydrogens is 388 g/mol. The summed E-state index contributed by atoms with van der Waals surface area (Å²) < 4.78 is 0. The molecule has 2 aromatic rings. The second-order valence-electron chi connectivity index (χ2n) is 8.98. The minimum absolute atomic E-state index is 0.0434. The highest BCUT2D eigenvalue weighted by Gasteiger charge is 2.54. The lowest BCUT2D eigenvalue weighted by Crippen LogP contribution is -2.73. The molecule has 1 aliphatic carbocycles. The Morgan fingerprint density at radius 1 is 1.00 bits per heavy atom. The van der Waals surface area contributed by atoms with Crippen molar-refractivity contribution < 1.29 is 14.7 Å². The van der Waals surface area contributed by atoms with Crippen molar-refractivity contribution in [2.75, 3.05) is 19.7 Å². The number of hydrogen-bond donors (Lipinski definition) is 1. The van der Waals surface area contributed by atoms with Gasteiger partial charge in [-0.3, -0.25) is 9.59 Å². The number of aliphatic hydroxyl groups is 1. The molecule has 0 spiro atoms. The summed E-state index contributed by atoms with van der Waals surface area (Å²) in [5.41, 5.74) is 3.37. The Kier molecular flexibility index (Phi) is 5.36. The van der Waals surface area contributed by atoms with Crippen molar-refractivity contribution in [3.63, 3.8) is 0 Å². The van der Waals surface area contributed by atoms with Gasteiger partial charge in [0.1, 0.15) is 0 Å². The number of carbonyl (C=O) groups is 2. The quantitative estimate of drug-likeness (QED) is 0.736. The van der Waals surface area contributed by atoms with E-state index in [1.165, 1.54) is 0 Å². The van der Waals surface area contributed by atoms with Gasteiger partial charge in [0.25, 0.3) is 0 Å². The maximum absolute atomic E-state index is 12.7. The van der Waals surface area contributed by atoms with Crippen LogP contribution < -0.4 is 0 Å². The van der Waals surface area contributed by atoms with E-state index in [4.69, 9.17) is 0 Å². The molecule has 5 rings (SSSR count). The Morgan fingerprint density at radius 2 is 1.68 bits per heavy atom. The van der Waals surface area contributed by atoms with Crippen LogP contribution in [0.4, 0.5) is 0 Å². The highest BCUT2D eigenvalue weighted by molar-refractivity contribution is 5.88. The molecule has 0 unspecified atom stereocenters. The number of aliphatic hydroxyl groups excluding tert-OH is 1. The van der Waals surface area contributed by atoms with Crippen molar-refractivity contribution in [3.05, 3.63) is 71.3 Å². The zero-order valence-corrected chi connectivity index (χ0v) is 17.6. The molecular formula is C26H28N2O3. The second kappa shape index (κ2) is 8.31. The molecule has 2 aliphatic heterocycles. The number of nitrogens with zero attached hydrogens (tertiary/aromatic N) is 2. The van der Waals surface area contributed by atoms with Crippen LogP contribution in [0.5, 0.6) is 0 Å². The van der Waals surface area contributed by atoms with E-state index in [2.05, 4.69) is 48.6 Å². The molecule has 0 bridgehead atoms. The summed E-state index contributed by atoms with van der Waals surface area (Å²) in [6.07, 6.45) is 6.99. The monoisotopic (exact) mass is 416 g/mol. The summed E-state index contributed by atoms with van der Waals surface area (Å²) in [7, 11) is 0. The summed E-state index contributed by atoms with van der Waals surface area (Å²) in [5.74, 6) is 0.623. The molecule has 2 aromatic carbocycles. The molecule has 5 nitrogen and oxygen atoms in total. The van der Waals surface area contributed by atoms with Gasteiger partial charge in [0.2, 0.25) is 11.8 Å². The van der Waals surface area contributed by atoms with Crippen LogP contribution in [0.1, 0.15) is 41.9 Å². The number of benzene rings is 2.